The molecular weight excluding hydrogens is 302 g/mol. The van der Waals surface area contributed by atoms with E-state index < -0.39 is 5.97 Å². The molecule has 1 fully saturated rings. The monoisotopic (exact) mass is 323 g/mol. The minimum absolute atomic E-state index is 0.0524. The average Bonchev–Trinajstić information content (AvgIpc) is 2.52. The van der Waals surface area contributed by atoms with Gasteiger partial charge in [-0.25, -0.2) is 0 Å². The average molecular weight is 324 g/mol. The lowest BCUT2D eigenvalue weighted by molar-refractivity contribution is -0.145. The summed E-state index contributed by atoms with van der Waals surface area (Å²) in [4.78, 5) is 25.3. The Bertz CT molecular complexity index is 553. The third-order valence-corrected chi connectivity index (χ3v) is 4.92. The van der Waals surface area contributed by atoms with Crippen LogP contribution in [0.2, 0.25) is 5.02 Å². The maximum absolute atomic E-state index is 12.6. The Hall–Kier alpha value is -1.55. The molecule has 1 aromatic carbocycles. The summed E-state index contributed by atoms with van der Waals surface area (Å²) < 4.78 is 0. The first-order valence-electron chi connectivity index (χ1n) is 7.65. The van der Waals surface area contributed by atoms with Crippen LogP contribution in [0, 0.1) is 11.8 Å². The summed E-state index contributed by atoms with van der Waals surface area (Å²) in [6.45, 7) is 1.98. The molecule has 1 aromatic rings. The van der Waals surface area contributed by atoms with Crippen LogP contribution < -0.4 is 0 Å². The van der Waals surface area contributed by atoms with Gasteiger partial charge in [-0.1, -0.05) is 23.7 Å². The maximum atomic E-state index is 12.6. The quantitative estimate of drug-likeness (QED) is 0.918. The van der Waals surface area contributed by atoms with E-state index in [1.54, 1.807) is 11.9 Å². The number of halogens is 1. The number of carbonyl (C=O) groups is 2. The fourth-order valence-electron chi connectivity index (χ4n) is 3.06. The number of nitrogens with zero attached hydrogens (tertiary/aromatic N) is 1. The molecule has 1 aliphatic carbocycles. The highest BCUT2D eigenvalue weighted by molar-refractivity contribution is 6.30. The highest BCUT2D eigenvalue weighted by Crippen LogP contribution is 2.32. The molecule has 0 radical (unpaired) electrons. The third-order valence-electron chi connectivity index (χ3n) is 4.69. The van der Waals surface area contributed by atoms with Crippen LogP contribution in [0.4, 0.5) is 0 Å². The second kappa shape index (κ2) is 7.14. The molecule has 4 nitrogen and oxygen atoms in total. The first kappa shape index (κ1) is 16.8. The Morgan fingerprint density at radius 2 is 1.82 bits per heavy atom. The molecule has 1 unspecified atom stereocenters. The standard InChI is InChI=1S/C17H22ClNO3/c1-11(14-4-3-5-15(18)10-14)19(2)16(20)12-6-8-13(9-7-12)17(21)22/h3-5,10-13H,6-9H2,1-2H3,(H,21,22). The number of hydrogen-bond acceptors (Lipinski definition) is 2. The lowest BCUT2D eigenvalue weighted by Gasteiger charge is -2.32. The topological polar surface area (TPSA) is 57.6 Å². The molecule has 0 spiro atoms. The second-order valence-electron chi connectivity index (χ2n) is 6.07. The summed E-state index contributed by atoms with van der Waals surface area (Å²) in [7, 11) is 1.80. The van der Waals surface area contributed by atoms with Gasteiger partial charge in [0.05, 0.1) is 12.0 Å². The van der Waals surface area contributed by atoms with E-state index in [-0.39, 0.29) is 23.8 Å². The minimum atomic E-state index is -0.744. The lowest BCUT2D eigenvalue weighted by atomic mass is 9.81. The molecule has 1 aliphatic rings. The van der Waals surface area contributed by atoms with Crippen molar-refractivity contribution in [3.63, 3.8) is 0 Å². The van der Waals surface area contributed by atoms with Crippen LogP contribution in [0.1, 0.15) is 44.2 Å². The SMILES string of the molecule is CC(c1cccc(Cl)c1)N(C)C(=O)C1CCC(C(=O)O)CC1. The number of amides is 1. The summed E-state index contributed by atoms with van der Waals surface area (Å²) in [5.74, 6) is -1.01. The highest BCUT2D eigenvalue weighted by Gasteiger charge is 2.32. The van der Waals surface area contributed by atoms with Gasteiger partial charge in [-0.2, -0.15) is 0 Å². The second-order valence-corrected chi connectivity index (χ2v) is 6.50. The number of aliphatic carboxylic acids is 1. The van der Waals surface area contributed by atoms with Crippen molar-refractivity contribution >= 4 is 23.5 Å². The van der Waals surface area contributed by atoms with Crippen LogP contribution in [0.5, 0.6) is 0 Å². The summed E-state index contributed by atoms with van der Waals surface area (Å²) in [6.07, 6.45) is 2.49. The Labute approximate surface area is 136 Å². The molecule has 2 rings (SSSR count). The Morgan fingerprint density at radius 1 is 1.23 bits per heavy atom. The summed E-state index contributed by atoms with van der Waals surface area (Å²) in [6, 6.07) is 7.47. The molecular formula is C17H22ClNO3. The van der Waals surface area contributed by atoms with Crippen molar-refractivity contribution in [2.75, 3.05) is 7.05 Å². The Balaban J connectivity index is 1.99. The number of carboxylic acids is 1. The first-order chi connectivity index (χ1) is 10.4. The van der Waals surface area contributed by atoms with Crippen molar-refractivity contribution < 1.29 is 14.7 Å². The van der Waals surface area contributed by atoms with Gasteiger partial charge >= 0.3 is 5.97 Å². The molecule has 1 saturated carbocycles. The summed E-state index contributed by atoms with van der Waals surface area (Å²) in [5.41, 5.74) is 1.00. The lowest BCUT2D eigenvalue weighted by Crippen LogP contribution is -2.37. The smallest absolute Gasteiger partial charge is 0.306 e. The number of carboxylic acid groups (broad SMARTS) is 1. The molecule has 0 aromatic heterocycles. The number of rotatable bonds is 4. The van der Waals surface area contributed by atoms with Crippen molar-refractivity contribution in [2.24, 2.45) is 11.8 Å². The first-order valence-corrected chi connectivity index (χ1v) is 8.03. The fourth-order valence-corrected chi connectivity index (χ4v) is 3.25. The zero-order chi connectivity index (χ0) is 16.3. The van der Waals surface area contributed by atoms with Crippen LogP contribution in [0.3, 0.4) is 0 Å². The molecule has 0 saturated heterocycles. The Kier molecular flexibility index (Phi) is 5.46. The molecule has 1 N–H and O–H groups in total. The van der Waals surface area contributed by atoms with Gasteiger partial charge in [-0.15, -0.1) is 0 Å². The fraction of sp³-hybridized carbons (Fsp3) is 0.529. The molecule has 5 heteroatoms. The van der Waals surface area contributed by atoms with Crippen molar-refractivity contribution in [3.8, 4) is 0 Å². The third kappa shape index (κ3) is 3.80. The molecule has 1 amide bonds. The van der Waals surface area contributed by atoms with E-state index in [0.717, 1.165) is 5.56 Å². The summed E-state index contributed by atoms with van der Waals surface area (Å²) in [5, 5.41) is 9.69. The van der Waals surface area contributed by atoms with Gasteiger partial charge < -0.3 is 10.0 Å². The molecule has 1 atom stereocenters. The molecule has 0 bridgehead atoms. The number of carbonyl (C=O) groups excluding carboxylic acids is 1. The predicted octanol–water partition coefficient (Wildman–Crippen LogP) is 3.75. The largest absolute Gasteiger partial charge is 0.481 e. The predicted molar refractivity (Wildman–Crippen MR) is 85.7 cm³/mol. The van der Waals surface area contributed by atoms with Crippen LogP contribution in [0.25, 0.3) is 0 Å². The van der Waals surface area contributed by atoms with Crippen molar-refractivity contribution in [3.05, 3.63) is 34.9 Å². The van der Waals surface area contributed by atoms with Gasteiger partial charge in [0.2, 0.25) is 5.91 Å². The van der Waals surface area contributed by atoms with Crippen LogP contribution >= 0.6 is 11.6 Å². The van der Waals surface area contributed by atoms with Gasteiger partial charge in [0.1, 0.15) is 0 Å². The van der Waals surface area contributed by atoms with Crippen molar-refractivity contribution in [2.45, 2.75) is 38.6 Å². The van der Waals surface area contributed by atoms with Crippen molar-refractivity contribution in [1.29, 1.82) is 0 Å². The van der Waals surface area contributed by atoms with E-state index >= 15 is 0 Å². The van der Waals surface area contributed by atoms with Crippen molar-refractivity contribution in [1.82, 2.24) is 4.90 Å². The molecule has 0 heterocycles. The molecule has 0 aliphatic heterocycles. The Morgan fingerprint density at radius 3 is 2.36 bits per heavy atom. The molecule has 22 heavy (non-hydrogen) atoms. The number of benzene rings is 1. The zero-order valence-corrected chi connectivity index (χ0v) is 13.7. The van der Waals surface area contributed by atoms with Gasteiger partial charge in [0.15, 0.2) is 0 Å². The highest BCUT2D eigenvalue weighted by atomic mass is 35.5. The van der Waals surface area contributed by atoms with Gasteiger partial charge in [0, 0.05) is 18.0 Å². The normalized spacial score (nSPS) is 22.9. The van der Waals surface area contributed by atoms with Gasteiger partial charge in [-0.3, -0.25) is 9.59 Å². The van der Waals surface area contributed by atoms with Crippen LogP contribution in [-0.4, -0.2) is 28.9 Å². The maximum Gasteiger partial charge on any atom is 0.306 e. The minimum Gasteiger partial charge on any atom is -0.481 e. The van der Waals surface area contributed by atoms with E-state index in [9.17, 15) is 9.59 Å². The molecule has 120 valence electrons. The summed E-state index contributed by atoms with van der Waals surface area (Å²) >= 11 is 6.01. The van der Waals surface area contributed by atoms with Gasteiger partial charge in [-0.05, 0) is 50.3 Å². The number of hydrogen-bond donors (Lipinski definition) is 1. The van der Waals surface area contributed by atoms with Crippen LogP contribution in [-0.2, 0) is 9.59 Å². The van der Waals surface area contributed by atoms with E-state index in [0.29, 0.717) is 30.7 Å². The van der Waals surface area contributed by atoms with E-state index in [1.807, 2.05) is 31.2 Å². The van der Waals surface area contributed by atoms with E-state index in [4.69, 9.17) is 16.7 Å². The van der Waals surface area contributed by atoms with E-state index in [2.05, 4.69) is 0 Å². The van der Waals surface area contributed by atoms with E-state index in [1.165, 1.54) is 0 Å². The van der Waals surface area contributed by atoms with Crippen LogP contribution in [0.15, 0.2) is 24.3 Å². The zero-order valence-electron chi connectivity index (χ0n) is 13.0. The van der Waals surface area contributed by atoms with Gasteiger partial charge in [0.25, 0.3) is 0 Å².